The number of ether oxygens (including phenoxy) is 2. The monoisotopic (exact) mass is 495 g/mol. The summed E-state index contributed by atoms with van der Waals surface area (Å²) in [7, 11) is 1.63. The summed E-state index contributed by atoms with van der Waals surface area (Å²) in [5.41, 5.74) is 3.55. The molecule has 0 fully saturated rings. The maximum Gasteiger partial charge on any atom is 0.221 e. The number of hydrogen-bond donors (Lipinski definition) is 1. The minimum atomic E-state index is -0.114. The molecule has 0 unspecified atom stereocenters. The third-order valence-electron chi connectivity index (χ3n) is 4.83. The van der Waals surface area contributed by atoms with Crippen molar-refractivity contribution >= 4 is 34.7 Å². The fourth-order valence-corrected chi connectivity index (χ4v) is 5.19. The molecule has 2 heterocycles. The first-order chi connectivity index (χ1) is 16.5. The number of aromatic nitrogens is 4. The summed E-state index contributed by atoms with van der Waals surface area (Å²) in [6.45, 7) is 5.92. The number of rotatable bonds is 9. The zero-order chi connectivity index (χ0) is 24.1. The van der Waals surface area contributed by atoms with Crippen molar-refractivity contribution in [2.75, 3.05) is 19.0 Å². The van der Waals surface area contributed by atoms with E-state index in [1.807, 2.05) is 60.9 Å². The first-order valence-corrected chi connectivity index (χ1v) is 12.5. The molecule has 0 bridgehead atoms. The van der Waals surface area contributed by atoms with Crippen LogP contribution in [0.5, 0.6) is 11.5 Å². The van der Waals surface area contributed by atoms with E-state index < -0.39 is 0 Å². The highest BCUT2D eigenvalue weighted by Gasteiger charge is 2.14. The third-order valence-corrected chi connectivity index (χ3v) is 6.73. The van der Waals surface area contributed by atoms with E-state index in [9.17, 15) is 4.79 Å². The van der Waals surface area contributed by atoms with Gasteiger partial charge in [0, 0.05) is 29.3 Å². The topological polar surface area (TPSA) is 91.2 Å². The molecular weight excluding hydrogens is 470 g/mol. The average molecular weight is 496 g/mol. The Kier molecular flexibility index (Phi) is 7.49. The van der Waals surface area contributed by atoms with Gasteiger partial charge in [0.15, 0.2) is 16.7 Å². The van der Waals surface area contributed by atoms with Gasteiger partial charge >= 0.3 is 0 Å². The minimum Gasteiger partial charge on any atom is -0.493 e. The predicted octanol–water partition coefficient (Wildman–Crippen LogP) is 5.36. The van der Waals surface area contributed by atoms with Crippen molar-refractivity contribution in [1.29, 1.82) is 0 Å². The fraction of sp³-hybridized carbons (Fsp3) is 0.250. The Morgan fingerprint density at radius 1 is 1.18 bits per heavy atom. The molecule has 0 aliphatic carbocycles. The summed E-state index contributed by atoms with van der Waals surface area (Å²) in [6, 6.07) is 13.5. The Morgan fingerprint density at radius 2 is 2.03 bits per heavy atom. The second kappa shape index (κ2) is 10.7. The highest BCUT2D eigenvalue weighted by atomic mass is 32.2. The Bertz CT molecular complexity index is 1300. The van der Waals surface area contributed by atoms with Gasteiger partial charge in [-0.05, 0) is 50.2 Å². The van der Waals surface area contributed by atoms with Gasteiger partial charge < -0.3 is 14.8 Å². The molecule has 0 radical (unpaired) electrons. The van der Waals surface area contributed by atoms with E-state index in [-0.39, 0.29) is 5.91 Å². The van der Waals surface area contributed by atoms with E-state index in [1.165, 1.54) is 6.92 Å². The van der Waals surface area contributed by atoms with Gasteiger partial charge in [0.2, 0.25) is 5.91 Å². The molecule has 0 aliphatic rings. The molecule has 0 aliphatic heterocycles. The van der Waals surface area contributed by atoms with Crippen molar-refractivity contribution < 1.29 is 14.3 Å². The van der Waals surface area contributed by atoms with E-state index in [2.05, 4.69) is 20.9 Å². The maximum atomic E-state index is 11.4. The van der Waals surface area contributed by atoms with Gasteiger partial charge in [-0.1, -0.05) is 17.8 Å². The van der Waals surface area contributed by atoms with E-state index >= 15 is 0 Å². The summed E-state index contributed by atoms with van der Waals surface area (Å²) >= 11 is 3.15. The van der Waals surface area contributed by atoms with Crippen LogP contribution in [0, 0.1) is 6.92 Å². The Morgan fingerprint density at radius 3 is 2.79 bits per heavy atom. The number of amides is 1. The van der Waals surface area contributed by atoms with Gasteiger partial charge in [0.1, 0.15) is 10.8 Å². The molecule has 0 spiro atoms. The molecule has 2 aromatic carbocycles. The molecule has 0 atom stereocenters. The molecule has 0 saturated heterocycles. The third kappa shape index (κ3) is 5.40. The first-order valence-electron chi connectivity index (χ1n) is 10.7. The molecule has 1 N–H and O–H groups in total. The second-order valence-electron chi connectivity index (χ2n) is 7.33. The van der Waals surface area contributed by atoms with Crippen LogP contribution >= 0.6 is 23.1 Å². The Hall–Kier alpha value is -3.37. The second-order valence-corrected chi connectivity index (χ2v) is 9.13. The number of hydrogen-bond acceptors (Lipinski definition) is 8. The number of carbonyl (C=O) groups excluding carboxylic acids is 1. The van der Waals surface area contributed by atoms with E-state index in [4.69, 9.17) is 14.5 Å². The van der Waals surface area contributed by atoms with Gasteiger partial charge in [-0.2, -0.15) is 0 Å². The summed E-state index contributed by atoms with van der Waals surface area (Å²) in [5, 5.41) is 15.1. The van der Waals surface area contributed by atoms with Gasteiger partial charge in [0.25, 0.3) is 0 Å². The summed E-state index contributed by atoms with van der Waals surface area (Å²) in [6.07, 6.45) is 0. The zero-order valence-corrected chi connectivity index (χ0v) is 21.0. The number of thiazole rings is 1. The van der Waals surface area contributed by atoms with Crippen LogP contribution in [0.3, 0.4) is 0 Å². The lowest BCUT2D eigenvalue weighted by molar-refractivity contribution is -0.114. The molecule has 10 heteroatoms. The lowest BCUT2D eigenvalue weighted by Gasteiger charge is -2.10. The minimum absolute atomic E-state index is 0.114. The zero-order valence-electron chi connectivity index (χ0n) is 19.4. The number of carbonyl (C=O) groups is 1. The van der Waals surface area contributed by atoms with Crippen molar-refractivity contribution in [3.63, 3.8) is 0 Å². The molecule has 8 nitrogen and oxygen atoms in total. The number of aryl methyl sites for hydroxylation is 1. The molecule has 4 aromatic rings. The van der Waals surface area contributed by atoms with Crippen LogP contribution in [-0.2, 0) is 10.5 Å². The van der Waals surface area contributed by atoms with Gasteiger partial charge in [0.05, 0.1) is 25.1 Å². The molecule has 34 heavy (non-hydrogen) atoms. The lowest BCUT2D eigenvalue weighted by Crippen LogP contribution is -2.07. The summed E-state index contributed by atoms with van der Waals surface area (Å²) in [5.74, 6) is 2.71. The van der Waals surface area contributed by atoms with Crippen LogP contribution in [0.1, 0.15) is 25.4 Å². The largest absolute Gasteiger partial charge is 0.493 e. The number of nitrogens with zero attached hydrogens (tertiary/aromatic N) is 4. The quantitative estimate of drug-likeness (QED) is 0.313. The summed E-state index contributed by atoms with van der Waals surface area (Å²) < 4.78 is 13.0. The first kappa shape index (κ1) is 23.8. The van der Waals surface area contributed by atoms with Crippen molar-refractivity contribution in [3.8, 4) is 27.8 Å². The highest BCUT2D eigenvalue weighted by Crippen LogP contribution is 2.35. The average Bonchev–Trinajstić information content (AvgIpc) is 3.44. The van der Waals surface area contributed by atoms with Crippen LogP contribution in [0.25, 0.3) is 16.3 Å². The van der Waals surface area contributed by atoms with Gasteiger partial charge in [-0.25, -0.2) is 4.98 Å². The Labute approximate surface area is 206 Å². The van der Waals surface area contributed by atoms with Crippen LogP contribution in [0.4, 0.5) is 5.69 Å². The summed E-state index contributed by atoms with van der Waals surface area (Å²) in [4.78, 5) is 16.2. The normalized spacial score (nSPS) is 10.8. The van der Waals surface area contributed by atoms with Crippen molar-refractivity contribution in [3.05, 3.63) is 59.4 Å². The van der Waals surface area contributed by atoms with Crippen LogP contribution < -0.4 is 14.8 Å². The van der Waals surface area contributed by atoms with E-state index in [0.29, 0.717) is 18.1 Å². The smallest absolute Gasteiger partial charge is 0.221 e. The molecule has 4 rings (SSSR count). The van der Waals surface area contributed by atoms with Crippen LogP contribution in [0.2, 0.25) is 0 Å². The van der Waals surface area contributed by atoms with Crippen LogP contribution in [-0.4, -0.2) is 39.4 Å². The number of methoxy groups -OCH3 is 1. The number of anilines is 1. The van der Waals surface area contributed by atoms with E-state index in [1.54, 1.807) is 30.2 Å². The maximum absolute atomic E-state index is 11.4. The fourth-order valence-electron chi connectivity index (χ4n) is 3.38. The molecule has 1 amide bonds. The highest BCUT2D eigenvalue weighted by molar-refractivity contribution is 7.98. The standard InChI is InChI=1S/C24H25N5O3S2/c1-5-32-21-10-9-17(11-22(21)31-4)23-26-19(13-33-23)14-34-24-28-27-15(2)29(24)20-8-6-7-18(12-20)25-16(3)30/h6-13H,5,14H2,1-4H3,(H,25,30). The lowest BCUT2D eigenvalue weighted by atomic mass is 10.2. The molecular formula is C24H25N5O3S2. The van der Waals surface area contributed by atoms with Crippen molar-refractivity contribution in [1.82, 2.24) is 19.7 Å². The van der Waals surface area contributed by atoms with E-state index in [0.717, 1.165) is 44.4 Å². The number of benzene rings is 2. The van der Waals surface area contributed by atoms with Gasteiger partial charge in [-0.15, -0.1) is 21.5 Å². The van der Waals surface area contributed by atoms with Crippen molar-refractivity contribution in [2.45, 2.75) is 31.7 Å². The molecule has 176 valence electrons. The SMILES string of the molecule is CCOc1ccc(-c2nc(CSc3nnc(C)n3-c3cccc(NC(C)=O)c3)cs2)cc1OC. The predicted molar refractivity (Wildman–Crippen MR) is 135 cm³/mol. The van der Waals surface area contributed by atoms with Gasteiger partial charge in [-0.3, -0.25) is 9.36 Å². The molecule has 2 aromatic heterocycles. The Balaban J connectivity index is 1.51. The molecule has 0 saturated carbocycles. The van der Waals surface area contributed by atoms with Crippen molar-refractivity contribution in [2.24, 2.45) is 0 Å². The van der Waals surface area contributed by atoms with Crippen LogP contribution in [0.15, 0.2) is 53.0 Å². The number of thioether (sulfide) groups is 1. The number of nitrogens with one attached hydrogen (secondary N) is 1.